The molecule has 1 aliphatic heterocycles. The number of methoxy groups -OCH3 is 1. The van der Waals surface area contributed by atoms with Gasteiger partial charge < -0.3 is 15.4 Å². The highest BCUT2D eigenvalue weighted by Gasteiger charge is 2.33. The molecule has 2 N–H and O–H groups in total. The predicted octanol–water partition coefficient (Wildman–Crippen LogP) is 1.55. The van der Waals surface area contributed by atoms with E-state index in [2.05, 4.69) is 22.5 Å². The molecule has 0 spiro atoms. The number of hydrogen-bond acceptors (Lipinski definition) is 4. The fraction of sp³-hybridized carbons (Fsp3) is 0.579. The minimum absolute atomic E-state index is 0.00595. The molecule has 2 rings (SSSR count). The zero-order chi connectivity index (χ0) is 18.2. The third-order valence-electron chi connectivity index (χ3n) is 4.60. The highest BCUT2D eigenvalue weighted by molar-refractivity contribution is 5.78. The molecule has 1 saturated heterocycles. The quantitative estimate of drug-likeness (QED) is 0.748. The van der Waals surface area contributed by atoms with Gasteiger partial charge in [0.2, 0.25) is 11.8 Å². The van der Waals surface area contributed by atoms with Crippen LogP contribution in [-0.4, -0.2) is 49.5 Å². The Labute approximate surface area is 149 Å². The molecule has 1 aliphatic rings. The van der Waals surface area contributed by atoms with E-state index in [1.807, 2.05) is 24.3 Å². The molecule has 0 saturated carbocycles. The maximum absolute atomic E-state index is 12.3. The van der Waals surface area contributed by atoms with E-state index in [4.69, 9.17) is 4.74 Å². The summed E-state index contributed by atoms with van der Waals surface area (Å²) in [6, 6.07) is 7.80. The van der Waals surface area contributed by atoms with Gasteiger partial charge in [0, 0.05) is 38.2 Å². The summed E-state index contributed by atoms with van der Waals surface area (Å²) in [5, 5.41) is 5.98. The van der Waals surface area contributed by atoms with Gasteiger partial charge in [0.25, 0.3) is 0 Å². The number of para-hydroxylation sites is 1. The number of amides is 2. The number of nitrogens with one attached hydrogen (secondary N) is 2. The Morgan fingerprint density at radius 2 is 2.04 bits per heavy atom. The molecule has 1 heterocycles. The van der Waals surface area contributed by atoms with Gasteiger partial charge in [-0.3, -0.25) is 14.5 Å². The minimum Gasteiger partial charge on any atom is -0.496 e. The highest BCUT2D eigenvalue weighted by Crippen LogP contribution is 2.21. The summed E-state index contributed by atoms with van der Waals surface area (Å²) in [6.45, 7) is 6.07. The topological polar surface area (TPSA) is 70.7 Å². The normalized spacial score (nSPS) is 20.3. The first-order valence-corrected chi connectivity index (χ1v) is 8.91. The molecule has 0 unspecified atom stereocenters. The number of ether oxygens (including phenoxy) is 1. The monoisotopic (exact) mass is 347 g/mol. The summed E-state index contributed by atoms with van der Waals surface area (Å²) in [7, 11) is 1.63. The van der Waals surface area contributed by atoms with Crippen molar-refractivity contribution in [2.45, 2.75) is 39.3 Å². The Morgan fingerprint density at radius 1 is 1.28 bits per heavy atom. The first-order valence-electron chi connectivity index (χ1n) is 8.91. The van der Waals surface area contributed by atoms with Gasteiger partial charge in [0.15, 0.2) is 0 Å². The van der Waals surface area contributed by atoms with Crippen molar-refractivity contribution >= 4 is 11.8 Å². The number of carbonyl (C=O) groups is 2. The standard InChI is InChI=1S/C19H29N3O3/c1-4-7-16-11-22(12-17(16)21-14(2)23)13-19(24)20-10-15-8-5-6-9-18(15)25-3/h5-6,8-9,16-17H,4,7,10-13H2,1-3H3,(H,20,24)(H,21,23)/t16-,17-/m1/s1. The zero-order valence-electron chi connectivity index (χ0n) is 15.4. The fourth-order valence-corrected chi connectivity index (χ4v) is 3.48. The number of benzene rings is 1. The van der Waals surface area contributed by atoms with Crippen molar-refractivity contribution < 1.29 is 14.3 Å². The lowest BCUT2D eigenvalue weighted by Gasteiger charge is -2.18. The molecule has 2 atom stereocenters. The summed E-state index contributed by atoms with van der Waals surface area (Å²) >= 11 is 0. The lowest BCUT2D eigenvalue weighted by Crippen LogP contribution is -2.40. The van der Waals surface area contributed by atoms with E-state index >= 15 is 0 Å². The smallest absolute Gasteiger partial charge is 0.234 e. The second kappa shape index (κ2) is 9.42. The van der Waals surface area contributed by atoms with E-state index in [0.29, 0.717) is 19.0 Å². The molecule has 2 amide bonds. The van der Waals surface area contributed by atoms with Crippen LogP contribution < -0.4 is 15.4 Å². The van der Waals surface area contributed by atoms with Crippen LogP contribution in [-0.2, 0) is 16.1 Å². The van der Waals surface area contributed by atoms with Crippen LogP contribution in [0.4, 0.5) is 0 Å². The predicted molar refractivity (Wildman–Crippen MR) is 97.3 cm³/mol. The summed E-state index contributed by atoms with van der Waals surface area (Å²) in [5.74, 6) is 1.17. The average Bonchev–Trinajstić information content (AvgIpc) is 2.94. The van der Waals surface area contributed by atoms with Crippen molar-refractivity contribution in [3.63, 3.8) is 0 Å². The van der Waals surface area contributed by atoms with Gasteiger partial charge in [-0.2, -0.15) is 0 Å². The number of nitrogens with zero attached hydrogens (tertiary/aromatic N) is 1. The van der Waals surface area contributed by atoms with Gasteiger partial charge in [-0.1, -0.05) is 31.5 Å². The van der Waals surface area contributed by atoms with E-state index in [0.717, 1.165) is 37.2 Å². The van der Waals surface area contributed by atoms with E-state index < -0.39 is 0 Å². The lowest BCUT2D eigenvalue weighted by atomic mass is 9.98. The molecule has 1 fully saturated rings. The van der Waals surface area contributed by atoms with Crippen molar-refractivity contribution in [1.82, 2.24) is 15.5 Å². The van der Waals surface area contributed by atoms with Crippen LogP contribution in [0.15, 0.2) is 24.3 Å². The SMILES string of the molecule is CCC[C@@H]1CN(CC(=O)NCc2ccccc2OC)C[C@H]1NC(C)=O. The average molecular weight is 347 g/mol. The third kappa shape index (κ3) is 5.74. The summed E-state index contributed by atoms with van der Waals surface area (Å²) < 4.78 is 5.30. The Hall–Kier alpha value is -2.08. The van der Waals surface area contributed by atoms with Crippen molar-refractivity contribution in [1.29, 1.82) is 0 Å². The van der Waals surface area contributed by atoms with E-state index in [1.54, 1.807) is 14.0 Å². The number of rotatable bonds is 8. The zero-order valence-corrected chi connectivity index (χ0v) is 15.4. The van der Waals surface area contributed by atoms with Crippen molar-refractivity contribution in [2.24, 2.45) is 5.92 Å². The number of likely N-dealkylation sites (tertiary alicyclic amines) is 1. The molecule has 0 radical (unpaired) electrons. The maximum Gasteiger partial charge on any atom is 0.234 e. The van der Waals surface area contributed by atoms with Crippen LogP contribution in [0, 0.1) is 5.92 Å². The second-order valence-corrected chi connectivity index (χ2v) is 6.64. The van der Waals surface area contributed by atoms with Crippen LogP contribution in [0.2, 0.25) is 0 Å². The third-order valence-corrected chi connectivity index (χ3v) is 4.60. The highest BCUT2D eigenvalue weighted by atomic mass is 16.5. The van der Waals surface area contributed by atoms with Crippen LogP contribution in [0.3, 0.4) is 0 Å². The first-order chi connectivity index (χ1) is 12.0. The molecular weight excluding hydrogens is 318 g/mol. The first kappa shape index (κ1) is 19.2. The Morgan fingerprint density at radius 3 is 2.72 bits per heavy atom. The molecule has 0 aliphatic carbocycles. The maximum atomic E-state index is 12.3. The van der Waals surface area contributed by atoms with Gasteiger partial charge in [-0.05, 0) is 18.4 Å². The summed E-state index contributed by atoms with van der Waals surface area (Å²) in [5.41, 5.74) is 0.958. The Kier molecular flexibility index (Phi) is 7.25. The molecular formula is C19H29N3O3. The van der Waals surface area contributed by atoms with Crippen LogP contribution in [0.1, 0.15) is 32.3 Å². The van der Waals surface area contributed by atoms with Crippen LogP contribution in [0.25, 0.3) is 0 Å². The molecule has 1 aromatic rings. The number of carbonyl (C=O) groups excluding carboxylic acids is 2. The Bertz CT molecular complexity index is 591. The molecule has 0 aromatic heterocycles. The van der Waals surface area contributed by atoms with Crippen LogP contribution >= 0.6 is 0 Å². The van der Waals surface area contributed by atoms with Crippen molar-refractivity contribution in [3.8, 4) is 5.75 Å². The molecule has 25 heavy (non-hydrogen) atoms. The van der Waals surface area contributed by atoms with Crippen molar-refractivity contribution in [2.75, 3.05) is 26.7 Å². The number of hydrogen-bond donors (Lipinski definition) is 2. The fourth-order valence-electron chi connectivity index (χ4n) is 3.48. The van der Waals surface area contributed by atoms with Gasteiger partial charge in [0.1, 0.15) is 5.75 Å². The minimum atomic E-state index is -0.00960. The van der Waals surface area contributed by atoms with Gasteiger partial charge >= 0.3 is 0 Å². The van der Waals surface area contributed by atoms with Crippen molar-refractivity contribution in [3.05, 3.63) is 29.8 Å². The lowest BCUT2D eigenvalue weighted by molar-refractivity contribution is -0.122. The second-order valence-electron chi connectivity index (χ2n) is 6.64. The molecule has 6 nitrogen and oxygen atoms in total. The van der Waals surface area contributed by atoms with E-state index in [9.17, 15) is 9.59 Å². The molecule has 138 valence electrons. The van der Waals surface area contributed by atoms with Crippen LogP contribution in [0.5, 0.6) is 5.75 Å². The molecule has 6 heteroatoms. The van der Waals surface area contributed by atoms with Gasteiger partial charge in [0.05, 0.1) is 13.7 Å². The molecule has 0 bridgehead atoms. The largest absolute Gasteiger partial charge is 0.496 e. The summed E-state index contributed by atoms with van der Waals surface area (Å²) in [4.78, 5) is 25.8. The van der Waals surface area contributed by atoms with Gasteiger partial charge in [-0.25, -0.2) is 0 Å². The summed E-state index contributed by atoms with van der Waals surface area (Å²) in [6.07, 6.45) is 2.14. The Balaban J connectivity index is 1.84. The van der Waals surface area contributed by atoms with Gasteiger partial charge in [-0.15, -0.1) is 0 Å². The van der Waals surface area contributed by atoms with E-state index in [1.165, 1.54) is 0 Å². The van der Waals surface area contributed by atoms with E-state index in [-0.39, 0.29) is 17.9 Å². The molecule has 1 aromatic carbocycles.